The molecule has 134 valence electrons. The van der Waals surface area contributed by atoms with Crippen LogP contribution in [0.1, 0.15) is 18.1 Å². The monoisotopic (exact) mass is 369 g/mol. The van der Waals surface area contributed by atoms with E-state index in [9.17, 15) is 9.90 Å². The molecular formula is C19H19N3O3S. The molecule has 1 heterocycles. The Bertz CT molecular complexity index is 939. The fourth-order valence-corrected chi connectivity index (χ4v) is 2.96. The average molecular weight is 369 g/mol. The van der Waals surface area contributed by atoms with Gasteiger partial charge in [0, 0.05) is 11.3 Å². The Morgan fingerprint density at radius 3 is 2.69 bits per heavy atom. The van der Waals surface area contributed by atoms with Gasteiger partial charge in [0.25, 0.3) is 5.22 Å². The van der Waals surface area contributed by atoms with Crippen molar-refractivity contribution in [2.75, 3.05) is 5.32 Å². The maximum Gasteiger partial charge on any atom is 0.277 e. The molecule has 7 heteroatoms. The summed E-state index contributed by atoms with van der Waals surface area (Å²) in [5.41, 5.74) is 3.68. The first kappa shape index (κ1) is 18.0. The second kappa shape index (κ2) is 7.61. The Morgan fingerprint density at radius 1 is 1.15 bits per heavy atom. The number of aromatic nitrogens is 2. The van der Waals surface area contributed by atoms with E-state index in [2.05, 4.69) is 15.5 Å². The Labute approximate surface area is 155 Å². The van der Waals surface area contributed by atoms with Gasteiger partial charge in [0.05, 0.1) is 5.25 Å². The number of hydrogen-bond donors (Lipinski definition) is 2. The lowest BCUT2D eigenvalue weighted by Crippen LogP contribution is -2.22. The topological polar surface area (TPSA) is 88.2 Å². The molecule has 1 aromatic heterocycles. The highest BCUT2D eigenvalue weighted by atomic mass is 32.2. The predicted molar refractivity (Wildman–Crippen MR) is 101 cm³/mol. The van der Waals surface area contributed by atoms with Gasteiger partial charge in [-0.05, 0) is 62.2 Å². The summed E-state index contributed by atoms with van der Waals surface area (Å²) in [5, 5.41) is 20.2. The molecule has 0 saturated carbocycles. The number of carbonyl (C=O) groups is 1. The van der Waals surface area contributed by atoms with Gasteiger partial charge in [-0.25, -0.2) is 0 Å². The molecule has 3 rings (SSSR count). The minimum absolute atomic E-state index is 0.121. The molecule has 0 spiro atoms. The van der Waals surface area contributed by atoms with Gasteiger partial charge in [-0.1, -0.05) is 23.9 Å². The third-order valence-corrected chi connectivity index (χ3v) is 4.86. The van der Waals surface area contributed by atoms with E-state index in [4.69, 9.17) is 4.42 Å². The molecule has 2 aromatic carbocycles. The summed E-state index contributed by atoms with van der Waals surface area (Å²) in [6, 6.07) is 12.4. The van der Waals surface area contributed by atoms with Crippen molar-refractivity contribution >= 4 is 23.4 Å². The van der Waals surface area contributed by atoms with Crippen LogP contribution in [0.3, 0.4) is 0 Å². The molecule has 0 aliphatic heterocycles. The van der Waals surface area contributed by atoms with E-state index < -0.39 is 5.25 Å². The van der Waals surface area contributed by atoms with E-state index in [0.29, 0.717) is 16.7 Å². The van der Waals surface area contributed by atoms with E-state index in [0.717, 1.165) is 11.3 Å². The van der Waals surface area contributed by atoms with Gasteiger partial charge in [-0.2, -0.15) is 0 Å². The van der Waals surface area contributed by atoms with Gasteiger partial charge in [0.15, 0.2) is 0 Å². The number of anilines is 1. The second-order valence-electron chi connectivity index (χ2n) is 5.97. The van der Waals surface area contributed by atoms with Gasteiger partial charge in [0.2, 0.25) is 11.8 Å². The van der Waals surface area contributed by atoms with Gasteiger partial charge in [-0.3, -0.25) is 4.79 Å². The number of nitrogens with one attached hydrogen (secondary N) is 1. The van der Waals surface area contributed by atoms with E-state index in [1.165, 1.54) is 23.4 Å². The van der Waals surface area contributed by atoms with Crippen LogP contribution < -0.4 is 5.32 Å². The van der Waals surface area contributed by atoms with Crippen LogP contribution in [0.5, 0.6) is 5.75 Å². The quantitative estimate of drug-likeness (QED) is 0.656. The lowest BCUT2D eigenvalue weighted by atomic mass is 10.1. The van der Waals surface area contributed by atoms with Crippen LogP contribution in [-0.2, 0) is 4.79 Å². The summed E-state index contributed by atoms with van der Waals surface area (Å²) >= 11 is 1.18. The Hall–Kier alpha value is -2.80. The molecule has 0 unspecified atom stereocenters. The van der Waals surface area contributed by atoms with Crippen molar-refractivity contribution in [1.82, 2.24) is 10.2 Å². The third-order valence-electron chi connectivity index (χ3n) is 3.92. The number of hydrogen-bond acceptors (Lipinski definition) is 6. The zero-order valence-electron chi connectivity index (χ0n) is 14.7. The van der Waals surface area contributed by atoms with Crippen molar-refractivity contribution in [3.63, 3.8) is 0 Å². The van der Waals surface area contributed by atoms with Crippen LogP contribution >= 0.6 is 11.8 Å². The van der Waals surface area contributed by atoms with Gasteiger partial charge < -0.3 is 14.8 Å². The second-order valence-corrected chi connectivity index (χ2v) is 7.26. The molecule has 6 nitrogen and oxygen atoms in total. The highest BCUT2D eigenvalue weighted by molar-refractivity contribution is 8.00. The van der Waals surface area contributed by atoms with E-state index in [1.54, 1.807) is 25.1 Å². The maximum atomic E-state index is 12.4. The number of benzene rings is 2. The van der Waals surface area contributed by atoms with E-state index in [-0.39, 0.29) is 11.7 Å². The normalized spacial score (nSPS) is 12.0. The summed E-state index contributed by atoms with van der Waals surface area (Å²) in [6.45, 7) is 5.81. The molecule has 0 aliphatic carbocycles. The molecule has 0 saturated heterocycles. The number of carbonyl (C=O) groups excluding carboxylic acids is 1. The summed E-state index contributed by atoms with van der Waals surface area (Å²) < 4.78 is 5.58. The first-order chi connectivity index (χ1) is 12.4. The van der Waals surface area contributed by atoms with Crippen LogP contribution in [0, 0.1) is 13.8 Å². The number of phenolic OH excluding ortho intramolecular Hbond substituents is 1. The van der Waals surface area contributed by atoms with Crippen molar-refractivity contribution < 1.29 is 14.3 Å². The fraction of sp³-hybridized carbons (Fsp3) is 0.211. The molecule has 0 radical (unpaired) electrons. The zero-order chi connectivity index (χ0) is 18.7. The summed E-state index contributed by atoms with van der Waals surface area (Å²) in [5.74, 6) is 0.275. The summed E-state index contributed by atoms with van der Waals surface area (Å²) in [7, 11) is 0. The molecule has 26 heavy (non-hydrogen) atoms. The van der Waals surface area contributed by atoms with Gasteiger partial charge >= 0.3 is 0 Å². The van der Waals surface area contributed by atoms with Crippen molar-refractivity contribution in [2.24, 2.45) is 0 Å². The lowest BCUT2D eigenvalue weighted by molar-refractivity contribution is -0.115. The number of aromatic hydroxyl groups is 1. The number of aryl methyl sites for hydroxylation is 2. The van der Waals surface area contributed by atoms with E-state index in [1.807, 2.05) is 32.0 Å². The first-order valence-electron chi connectivity index (χ1n) is 8.10. The Morgan fingerprint density at radius 2 is 1.96 bits per heavy atom. The SMILES string of the molecule is Cc1ccc(NC(=O)[C@@H](C)Sc2nnc(-c3cccc(O)c3)o2)cc1C. The number of phenols is 1. The van der Waals surface area contributed by atoms with Crippen molar-refractivity contribution in [3.05, 3.63) is 53.6 Å². The van der Waals surface area contributed by atoms with Gasteiger partial charge in [0.1, 0.15) is 5.75 Å². The van der Waals surface area contributed by atoms with Crippen LogP contribution in [-0.4, -0.2) is 26.5 Å². The van der Waals surface area contributed by atoms with E-state index >= 15 is 0 Å². The Kier molecular flexibility index (Phi) is 5.27. The molecule has 0 aliphatic rings. The molecule has 0 fully saturated rings. The van der Waals surface area contributed by atoms with Crippen LogP contribution in [0.2, 0.25) is 0 Å². The first-order valence-corrected chi connectivity index (χ1v) is 8.98. The maximum absolute atomic E-state index is 12.4. The Balaban J connectivity index is 1.65. The zero-order valence-corrected chi connectivity index (χ0v) is 15.5. The van der Waals surface area contributed by atoms with Gasteiger partial charge in [-0.15, -0.1) is 10.2 Å². The third kappa shape index (κ3) is 4.23. The van der Waals surface area contributed by atoms with Crippen LogP contribution in [0.15, 0.2) is 52.1 Å². The smallest absolute Gasteiger partial charge is 0.277 e. The largest absolute Gasteiger partial charge is 0.508 e. The average Bonchev–Trinajstić information content (AvgIpc) is 3.06. The van der Waals surface area contributed by atoms with Crippen molar-refractivity contribution in [3.8, 4) is 17.2 Å². The number of rotatable bonds is 5. The summed E-state index contributed by atoms with van der Waals surface area (Å²) in [6.07, 6.45) is 0. The fourth-order valence-electron chi connectivity index (χ4n) is 2.28. The molecule has 1 amide bonds. The molecule has 2 N–H and O–H groups in total. The minimum atomic E-state index is -0.408. The summed E-state index contributed by atoms with van der Waals surface area (Å²) in [4.78, 5) is 12.4. The molecule has 1 atom stereocenters. The van der Waals surface area contributed by atoms with Crippen molar-refractivity contribution in [2.45, 2.75) is 31.2 Å². The highest BCUT2D eigenvalue weighted by Crippen LogP contribution is 2.28. The standard InChI is InChI=1S/C19H19N3O3S/c1-11-7-8-15(9-12(11)2)20-17(24)13(3)26-19-22-21-18(25-19)14-5-4-6-16(23)10-14/h4-10,13,23H,1-3H3,(H,20,24)/t13-/m1/s1. The lowest BCUT2D eigenvalue weighted by Gasteiger charge is -2.11. The minimum Gasteiger partial charge on any atom is -0.508 e. The van der Waals surface area contributed by atoms with Crippen molar-refractivity contribution in [1.29, 1.82) is 0 Å². The predicted octanol–water partition coefficient (Wildman–Crippen LogP) is 4.18. The molecule has 0 bridgehead atoms. The number of amides is 1. The number of nitrogens with zero attached hydrogens (tertiary/aromatic N) is 2. The van der Waals surface area contributed by atoms with Crippen LogP contribution in [0.4, 0.5) is 5.69 Å². The molecular weight excluding hydrogens is 350 g/mol. The van der Waals surface area contributed by atoms with Crippen LogP contribution in [0.25, 0.3) is 11.5 Å². The number of thioether (sulfide) groups is 1. The molecule has 3 aromatic rings. The highest BCUT2D eigenvalue weighted by Gasteiger charge is 2.19.